The summed E-state index contributed by atoms with van der Waals surface area (Å²) in [5, 5.41) is 0. The highest BCUT2D eigenvalue weighted by Crippen LogP contribution is 2.18. The molecule has 0 N–H and O–H groups in total. The summed E-state index contributed by atoms with van der Waals surface area (Å²) >= 11 is 5.57. The summed E-state index contributed by atoms with van der Waals surface area (Å²) in [5.74, 6) is 6.91. The molecule has 19 heavy (non-hydrogen) atoms. The van der Waals surface area contributed by atoms with E-state index in [1.165, 1.54) is 0 Å². The molecule has 0 unspecified atom stereocenters. The second kappa shape index (κ2) is 9.69. The summed E-state index contributed by atoms with van der Waals surface area (Å²) in [6.07, 6.45) is 0. The molecule has 0 spiro atoms. The second-order valence-electron chi connectivity index (χ2n) is 3.89. The van der Waals surface area contributed by atoms with E-state index in [1.807, 2.05) is 25.1 Å². The van der Waals surface area contributed by atoms with Crippen molar-refractivity contribution in [3.63, 3.8) is 0 Å². The van der Waals surface area contributed by atoms with E-state index in [-0.39, 0.29) is 0 Å². The molecule has 0 bridgehead atoms. The van der Waals surface area contributed by atoms with Gasteiger partial charge in [0.15, 0.2) is 0 Å². The number of rotatable bonds is 7. The van der Waals surface area contributed by atoms with Gasteiger partial charge in [-0.25, -0.2) is 0 Å². The molecule has 0 aliphatic rings. The van der Waals surface area contributed by atoms with Crippen LogP contribution < -0.4 is 4.74 Å². The molecule has 0 fully saturated rings. The first-order valence-corrected chi connectivity index (χ1v) is 6.66. The summed E-state index contributed by atoms with van der Waals surface area (Å²) < 4.78 is 15.9. The minimum Gasteiger partial charge on any atom is -0.490 e. The molecule has 0 heterocycles. The molecule has 4 heteroatoms. The molecule has 0 saturated heterocycles. The van der Waals surface area contributed by atoms with Crippen LogP contribution in [-0.2, 0) is 9.47 Å². The lowest BCUT2D eigenvalue weighted by molar-refractivity contribution is 0.0544. The Kier molecular flexibility index (Phi) is 8.08. The summed E-state index contributed by atoms with van der Waals surface area (Å²) in [7, 11) is 1.65. The molecule has 0 atom stereocenters. The molecular weight excluding hydrogens is 264 g/mol. The predicted molar refractivity (Wildman–Crippen MR) is 77.0 cm³/mol. The maximum Gasteiger partial charge on any atom is 0.135 e. The molecular formula is C15H19ClO3. The number of hydrogen-bond acceptors (Lipinski definition) is 3. The molecule has 0 aliphatic heterocycles. The third-order valence-corrected chi connectivity index (χ3v) is 2.48. The van der Waals surface area contributed by atoms with Crippen molar-refractivity contribution >= 4 is 11.6 Å². The zero-order chi connectivity index (χ0) is 13.9. The van der Waals surface area contributed by atoms with Gasteiger partial charge in [-0.2, -0.15) is 0 Å². The summed E-state index contributed by atoms with van der Waals surface area (Å²) in [5.41, 5.74) is 2.00. The minimum atomic E-state index is 0.313. The van der Waals surface area contributed by atoms with Crippen LogP contribution in [0.15, 0.2) is 18.2 Å². The number of methoxy groups -OCH3 is 1. The van der Waals surface area contributed by atoms with E-state index in [2.05, 4.69) is 11.8 Å². The zero-order valence-corrected chi connectivity index (χ0v) is 12.1. The van der Waals surface area contributed by atoms with Crippen molar-refractivity contribution in [2.75, 3.05) is 39.4 Å². The number of benzene rings is 1. The van der Waals surface area contributed by atoms with Crippen LogP contribution in [0.3, 0.4) is 0 Å². The fourth-order valence-electron chi connectivity index (χ4n) is 1.45. The van der Waals surface area contributed by atoms with E-state index in [0.717, 1.165) is 16.9 Å². The first-order valence-electron chi connectivity index (χ1n) is 6.13. The Labute approximate surface area is 119 Å². The topological polar surface area (TPSA) is 27.7 Å². The van der Waals surface area contributed by atoms with Gasteiger partial charge in [-0.1, -0.05) is 17.9 Å². The molecule has 104 valence electrons. The van der Waals surface area contributed by atoms with Gasteiger partial charge < -0.3 is 14.2 Å². The number of aryl methyl sites for hydroxylation is 1. The van der Waals surface area contributed by atoms with Crippen LogP contribution in [0.2, 0.25) is 0 Å². The van der Waals surface area contributed by atoms with Crippen molar-refractivity contribution in [3.8, 4) is 17.6 Å². The van der Waals surface area contributed by atoms with Crippen molar-refractivity contribution in [3.05, 3.63) is 29.3 Å². The lowest BCUT2D eigenvalue weighted by Gasteiger charge is -2.09. The Morgan fingerprint density at radius 2 is 1.95 bits per heavy atom. The third-order valence-electron chi connectivity index (χ3n) is 2.34. The van der Waals surface area contributed by atoms with Gasteiger partial charge in [0, 0.05) is 7.11 Å². The Morgan fingerprint density at radius 3 is 2.68 bits per heavy atom. The molecule has 1 aromatic carbocycles. The fourth-order valence-corrected chi connectivity index (χ4v) is 1.52. The van der Waals surface area contributed by atoms with E-state index in [4.69, 9.17) is 25.8 Å². The fraction of sp³-hybridized carbons (Fsp3) is 0.467. The number of ether oxygens (including phenoxy) is 3. The van der Waals surface area contributed by atoms with E-state index in [9.17, 15) is 0 Å². The van der Waals surface area contributed by atoms with Gasteiger partial charge in [0.05, 0.1) is 31.3 Å². The average Bonchev–Trinajstić information content (AvgIpc) is 2.42. The van der Waals surface area contributed by atoms with Gasteiger partial charge in [-0.3, -0.25) is 0 Å². The van der Waals surface area contributed by atoms with E-state index >= 15 is 0 Å². The van der Waals surface area contributed by atoms with Crippen LogP contribution in [-0.4, -0.2) is 39.4 Å². The molecule has 0 aliphatic carbocycles. The van der Waals surface area contributed by atoms with Crippen LogP contribution >= 0.6 is 11.6 Å². The Bertz CT molecular complexity index is 435. The minimum absolute atomic E-state index is 0.313. The quantitative estimate of drug-likeness (QED) is 0.437. The monoisotopic (exact) mass is 282 g/mol. The van der Waals surface area contributed by atoms with Crippen molar-refractivity contribution < 1.29 is 14.2 Å². The van der Waals surface area contributed by atoms with Gasteiger partial charge in [-0.05, 0) is 24.6 Å². The van der Waals surface area contributed by atoms with Gasteiger partial charge in [0.2, 0.25) is 0 Å². The molecule has 0 amide bonds. The SMILES string of the molecule is COCCOCCOc1ccc(C)cc1C#CCCl. The lowest BCUT2D eigenvalue weighted by atomic mass is 10.1. The number of halogens is 1. The summed E-state index contributed by atoms with van der Waals surface area (Å²) in [4.78, 5) is 0. The van der Waals surface area contributed by atoms with Gasteiger partial charge in [0.25, 0.3) is 0 Å². The van der Waals surface area contributed by atoms with Crippen molar-refractivity contribution in [2.24, 2.45) is 0 Å². The maximum atomic E-state index is 5.66. The molecule has 3 nitrogen and oxygen atoms in total. The highest BCUT2D eigenvalue weighted by molar-refractivity contribution is 6.19. The molecule has 1 aromatic rings. The average molecular weight is 283 g/mol. The Balaban J connectivity index is 2.48. The molecule has 0 saturated carbocycles. The van der Waals surface area contributed by atoms with Crippen LogP contribution in [0.5, 0.6) is 5.75 Å². The van der Waals surface area contributed by atoms with Crippen molar-refractivity contribution in [2.45, 2.75) is 6.92 Å². The maximum absolute atomic E-state index is 5.66. The van der Waals surface area contributed by atoms with Gasteiger partial charge in [-0.15, -0.1) is 11.6 Å². The Hall–Kier alpha value is -1.21. The van der Waals surface area contributed by atoms with Crippen LogP contribution in [0.25, 0.3) is 0 Å². The third kappa shape index (κ3) is 6.49. The molecule has 1 rings (SSSR count). The summed E-state index contributed by atoms with van der Waals surface area (Å²) in [6.45, 7) is 4.20. The lowest BCUT2D eigenvalue weighted by Crippen LogP contribution is -2.10. The first-order chi connectivity index (χ1) is 9.27. The normalized spacial score (nSPS) is 9.84. The Morgan fingerprint density at radius 1 is 1.16 bits per heavy atom. The standard InChI is InChI=1S/C15H19ClO3/c1-13-5-6-15(14(12-13)4-3-7-16)19-11-10-18-9-8-17-2/h5-6,12H,7-11H2,1-2H3. The van der Waals surface area contributed by atoms with Gasteiger partial charge >= 0.3 is 0 Å². The number of hydrogen-bond donors (Lipinski definition) is 0. The number of alkyl halides is 1. The highest BCUT2D eigenvalue weighted by Gasteiger charge is 2.01. The molecule has 0 radical (unpaired) electrons. The highest BCUT2D eigenvalue weighted by atomic mass is 35.5. The smallest absolute Gasteiger partial charge is 0.135 e. The van der Waals surface area contributed by atoms with Gasteiger partial charge in [0.1, 0.15) is 12.4 Å². The van der Waals surface area contributed by atoms with Crippen LogP contribution in [0.1, 0.15) is 11.1 Å². The van der Waals surface area contributed by atoms with Crippen LogP contribution in [0.4, 0.5) is 0 Å². The molecule has 0 aromatic heterocycles. The predicted octanol–water partition coefficient (Wildman–Crippen LogP) is 2.63. The summed E-state index contributed by atoms with van der Waals surface area (Å²) in [6, 6.07) is 5.90. The van der Waals surface area contributed by atoms with Crippen molar-refractivity contribution in [1.29, 1.82) is 0 Å². The first kappa shape index (κ1) is 15.8. The zero-order valence-electron chi connectivity index (χ0n) is 11.4. The van der Waals surface area contributed by atoms with Crippen molar-refractivity contribution in [1.82, 2.24) is 0 Å². The van der Waals surface area contributed by atoms with E-state index < -0.39 is 0 Å². The van der Waals surface area contributed by atoms with E-state index in [0.29, 0.717) is 32.3 Å². The van der Waals surface area contributed by atoms with Crippen LogP contribution in [0, 0.1) is 18.8 Å². The van der Waals surface area contributed by atoms with E-state index in [1.54, 1.807) is 7.11 Å². The second-order valence-corrected chi connectivity index (χ2v) is 4.16. The largest absolute Gasteiger partial charge is 0.490 e.